The van der Waals surface area contributed by atoms with Gasteiger partial charge in [-0.3, -0.25) is 0 Å². The molecule has 112 valence electrons. The Morgan fingerprint density at radius 3 is 2.32 bits per heavy atom. The highest BCUT2D eigenvalue weighted by atomic mass is 16.5. The fourth-order valence-electron chi connectivity index (χ4n) is 2.69. The molecule has 0 spiro atoms. The summed E-state index contributed by atoms with van der Waals surface area (Å²) in [5.41, 5.74) is 1.65. The number of hydrogen-bond donors (Lipinski definition) is 1. The van der Waals surface area contributed by atoms with Crippen molar-refractivity contribution in [3.63, 3.8) is 0 Å². The summed E-state index contributed by atoms with van der Waals surface area (Å²) in [5, 5.41) is 12.9. The molecule has 0 aromatic heterocycles. The van der Waals surface area contributed by atoms with Crippen LogP contribution in [0.1, 0.15) is 17.2 Å². The van der Waals surface area contributed by atoms with Gasteiger partial charge in [-0.05, 0) is 34.0 Å². The van der Waals surface area contributed by atoms with Crippen LogP contribution < -0.4 is 9.47 Å². The van der Waals surface area contributed by atoms with Crippen LogP contribution in [-0.4, -0.2) is 19.3 Å². The normalized spacial score (nSPS) is 12.1. The molecule has 0 amide bonds. The van der Waals surface area contributed by atoms with E-state index >= 15 is 0 Å². The highest BCUT2D eigenvalue weighted by Gasteiger charge is 2.15. The maximum absolute atomic E-state index is 10.8. The van der Waals surface area contributed by atoms with Crippen molar-refractivity contribution in [2.24, 2.45) is 0 Å². The Morgan fingerprint density at radius 1 is 0.818 bits per heavy atom. The second kappa shape index (κ2) is 6.08. The average molecular weight is 294 g/mol. The maximum atomic E-state index is 10.8. The van der Waals surface area contributed by atoms with Crippen molar-refractivity contribution in [3.05, 3.63) is 71.8 Å². The SMILES string of the molecule is COc1ccc(C(O)c2cccc3ccccc23)cc1OC. The third-order valence-corrected chi connectivity index (χ3v) is 3.84. The lowest BCUT2D eigenvalue weighted by Crippen LogP contribution is -2.01. The Kier molecular flexibility index (Phi) is 3.98. The molecule has 0 saturated carbocycles. The van der Waals surface area contributed by atoms with Gasteiger partial charge in [-0.2, -0.15) is 0 Å². The van der Waals surface area contributed by atoms with E-state index in [1.54, 1.807) is 14.2 Å². The Morgan fingerprint density at radius 2 is 1.55 bits per heavy atom. The first-order valence-electron chi connectivity index (χ1n) is 7.12. The smallest absolute Gasteiger partial charge is 0.161 e. The number of aliphatic hydroxyl groups is 1. The van der Waals surface area contributed by atoms with E-state index in [0.717, 1.165) is 21.9 Å². The van der Waals surface area contributed by atoms with Crippen LogP contribution in [0.4, 0.5) is 0 Å². The van der Waals surface area contributed by atoms with Crippen molar-refractivity contribution < 1.29 is 14.6 Å². The minimum atomic E-state index is -0.717. The lowest BCUT2D eigenvalue weighted by atomic mass is 9.96. The van der Waals surface area contributed by atoms with E-state index in [0.29, 0.717) is 11.5 Å². The summed E-state index contributed by atoms with van der Waals surface area (Å²) < 4.78 is 10.6. The standard InChI is InChI=1S/C19H18O3/c1-21-17-11-10-14(12-18(17)22-2)19(20)16-9-5-7-13-6-3-4-8-15(13)16/h3-12,19-20H,1-2H3. The fourth-order valence-corrected chi connectivity index (χ4v) is 2.69. The van der Waals surface area contributed by atoms with Crippen molar-refractivity contribution in [2.45, 2.75) is 6.10 Å². The first kappa shape index (κ1) is 14.4. The molecule has 0 aliphatic rings. The van der Waals surface area contributed by atoms with E-state index < -0.39 is 6.10 Å². The predicted octanol–water partition coefficient (Wildman–Crippen LogP) is 3.94. The van der Waals surface area contributed by atoms with Crippen LogP contribution in [0.25, 0.3) is 10.8 Å². The summed E-state index contributed by atoms with van der Waals surface area (Å²) in [6.45, 7) is 0. The molecule has 3 rings (SSSR count). The molecule has 3 aromatic rings. The quantitative estimate of drug-likeness (QED) is 0.792. The summed E-state index contributed by atoms with van der Waals surface area (Å²) in [6, 6.07) is 19.5. The summed E-state index contributed by atoms with van der Waals surface area (Å²) in [7, 11) is 3.19. The summed E-state index contributed by atoms with van der Waals surface area (Å²) in [5.74, 6) is 1.26. The molecule has 3 nitrogen and oxygen atoms in total. The first-order chi connectivity index (χ1) is 10.7. The van der Waals surface area contributed by atoms with Gasteiger partial charge in [0.1, 0.15) is 6.10 Å². The monoisotopic (exact) mass is 294 g/mol. The van der Waals surface area contributed by atoms with Gasteiger partial charge in [0, 0.05) is 0 Å². The fraction of sp³-hybridized carbons (Fsp3) is 0.158. The van der Waals surface area contributed by atoms with E-state index in [1.807, 2.05) is 60.7 Å². The molecule has 1 unspecified atom stereocenters. The second-order valence-corrected chi connectivity index (χ2v) is 5.09. The van der Waals surface area contributed by atoms with Crippen molar-refractivity contribution in [1.82, 2.24) is 0 Å². The number of rotatable bonds is 4. The third kappa shape index (κ3) is 2.51. The predicted molar refractivity (Wildman–Crippen MR) is 87.6 cm³/mol. The number of aliphatic hydroxyl groups excluding tert-OH is 1. The molecule has 0 fully saturated rings. The molecular weight excluding hydrogens is 276 g/mol. The zero-order chi connectivity index (χ0) is 15.5. The van der Waals surface area contributed by atoms with Gasteiger partial charge in [-0.1, -0.05) is 48.5 Å². The minimum Gasteiger partial charge on any atom is -0.493 e. The molecule has 0 heterocycles. The number of benzene rings is 3. The largest absolute Gasteiger partial charge is 0.493 e. The molecule has 0 aliphatic carbocycles. The van der Waals surface area contributed by atoms with E-state index in [9.17, 15) is 5.11 Å². The van der Waals surface area contributed by atoms with Crippen LogP contribution >= 0.6 is 0 Å². The van der Waals surface area contributed by atoms with E-state index in [2.05, 4.69) is 0 Å². The number of fused-ring (bicyclic) bond motifs is 1. The van der Waals surface area contributed by atoms with Crippen LogP contribution in [0, 0.1) is 0 Å². The van der Waals surface area contributed by atoms with Crippen molar-refractivity contribution in [2.75, 3.05) is 14.2 Å². The topological polar surface area (TPSA) is 38.7 Å². The van der Waals surface area contributed by atoms with E-state index in [4.69, 9.17) is 9.47 Å². The summed E-state index contributed by atoms with van der Waals surface area (Å²) >= 11 is 0. The third-order valence-electron chi connectivity index (χ3n) is 3.84. The van der Waals surface area contributed by atoms with Gasteiger partial charge in [-0.15, -0.1) is 0 Å². The van der Waals surface area contributed by atoms with Crippen molar-refractivity contribution in [3.8, 4) is 11.5 Å². The number of methoxy groups -OCH3 is 2. The zero-order valence-electron chi connectivity index (χ0n) is 12.6. The summed E-state index contributed by atoms with van der Waals surface area (Å²) in [4.78, 5) is 0. The average Bonchev–Trinajstić information content (AvgIpc) is 2.60. The highest BCUT2D eigenvalue weighted by Crippen LogP contribution is 2.34. The van der Waals surface area contributed by atoms with Gasteiger partial charge in [0.05, 0.1) is 14.2 Å². The minimum absolute atomic E-state index is 0.610. The van der Waals surface area contributed by atoms with Crippen LogP contribution in [0.5, 0.6) is 11.5 Å². The highest BCUT2D eigenvalue weighted by molar-refractivity contribution is 5.86. The van der Waals surface area contributed by atoms with Gasteiger partial charge in [0.25, 0.3) is 0 Å². The van der Waals surface area contributed by atoms with Gasteiger partial charge in [0.15, 0.2) is 11.5 Å². The van der Waals surface area contributed by atoms with Crippen molar-refractivity contribution >= 4 is 10.8 Å². The molecule has 0 radical (unpaired) electrons. The number of hydrogen-bond acceptors (Lipinski definition) is 3. The first-order valence-corrected chi connectivity index (χ1v) is 7.12. The lowest BCUT2D eigenvalue weighted by molar-refractivity contribution is 0.221. The van der Waals surface area contributed by atoms with E-state index in [1.165, 1.54) is 0 Å². The van der Waals surface area contributed by atoms with Crippen LogP contribution in [0.3, 0.4) is 0 Å². The lowest BCUT2D eigenvalue weighted by Gasteiger charge is -2.16. The molecule has 1 N–H and O–H groups in total. The van der Waals surface area contributed by atoms with Crippen LogP contribution in [-0.2, 0) is 0 Å². The molecule has 0 saturated heterocycles. The Hall–Kier alpha value is -2.52. The molecule has 22 heavy (non-hydrogen) atoms. The number of ether oxygens (including phenoxy) is 2. The second-order valence-electron chi connectivity index (χ2n) is 5.09. The van der Waals surface area contributed by atoms with Gasteiger partial charge in [0.2, 0.25) is 0 Å². The van der Waals surface area contributed by atoms with Crippen molar-refractivity contribution in [1.29, 1.82) is 0 Å². The van der Waals surface area contributed by atoms with E-state index in [-0.39, 0.29) is 0 Å². The van der Waals surface area contributed by atoms with Gasteiger partial charge < -0.3 is 14.6 Å². The molecule has 3 aromatic carbocycles. The molecule has 1 atom stereocenters. The Labute approximate surface area is 129 Å². The molecule has 3 heteroatoms. The summed E-state index contributed by atoms with van der Waals surface area (Å²) in [6.07, 6.45) is -0.717. The zero-order valence-corrected chi connectivity index (χ0v) is 12.6. The van der Waals surface area contributed by atoms with Gasteiger partial charge in [-0.25, -0.2) is 0 Å². The molecular formula is C19H18O3. The van der Waals surface area contributed by atoms with Crippen LogP contribution in [0.2, 0.25) is 0 Å². The molecule has 0 bridgehead atoms. The molecule has 0 aliphatic heterocycles. The van der Waals surface area contributed by atoms with Crippen LogP contribution in [0.15, 0.2) is 60.7 Å². The Bertz CT molecular complexity index is 790. The Balaban J connectivity index is 2.08. The maximum Gasteiger partial charge on any atom is 0.161 e. The van der Waals surface area contributed by atoms with Gasteiger partial charge >= 0.3 is 0 Å².